The molecule has 0 aliphatic carbocycles. The summed E-state index contributed by atoms with van der Waals surface area (Å²) in [5, 5.41) is 0. The minimum atomic E-state index is -0.263. The van der Waals surface area contributed by atoms with E-state index in [9.17, 15) is 4.79 Å². The fourth-order valence-electron chi connectivity index (χ4n) is 2.52. The maximum absolute atomic E-state index is 12.1. The van der Waals surface area contributed by atoms with E-state index in [2.05, 4.69) is 14.8 Å². The number of aromatic amines is 1. The van der Waals surface area contributed by atoms with Gasteiger partial charge in [0.05, 0.1) is 18.6 Å². The molecule has 0 fully saturated rings. The lowest BCUT2D eigenvalue weighted by Crippen LogP contribution is -2.16. The molecule has 6 nitrogen and oxygen atoms in total. The number of nitrogens with zero attached hydrogens (tertiary/aromatic N) is 3. The molecule has 0 saturated carbocycles. The smallest absolute Gasteiger partial charge is 0.273 e. The van der Waals surface area contributed by atoms with Crippen LogP contribution in [0.25, 0.3) is 27.1 Å². The number of nitrogens with two attached hydrogens (primary N) is 1. The monoisotopic (exact) mass is 279 g/mol. The van der Waals surface area contributed by atoms with Crippen LogP contribution in [0.2, 0.25) is 0 Å². The first-order valence-corrected chi connectivity index (χ1v) is 6.50. The summed E-state index contributed by atoms with van der Waals surface area (Å²) in [6.45, 7) is 8.28. The number of hydrogen-bond donors (Lipinski definition) is 2. The average molecular weight is 279 g/mol. The van der Waals surface area contributed by atoms with Gasteiger partial charge >= 0.3 is 0 Å². The third kappa shape index (κ3) is 2.00. The SMILES string of the molecule is [C-]#[N+]c1c(-c2ccccc2)n(CCN)c2c(=O)[nH]cnc12. The molecule has 3 N–H and O–H groups in total. The molecule has 0 unspecified atom stereocenters. The molecule has 0 bridgehead atoms. The van der Waals surface area contributed by atoms with Crippen molar-refractivity contribution in [2.24, 2.45) is 5.73 Å². The standard InChI is InChI=1S/C15H13N5O/c1-17-11-12-14(15(21)19-9-18-12)20(8-7-16)13(11)10-5-3-2-4-6-10/h2-6,9H,7-8,16H2,(H,18,19,21). The minimum absolute atomic E-state index is 0.263. The van der Waals surface area contributed by atoms with Gasteiger partial charge in [0, 0.05) is 13.1 Å². The molecule has 0 radical (unpaired) electrons. The van der Waals surface area contributed by atoms with Crippen LogP contribution in [0.15, 0.2) is 41.5 Å². The highest BCUT2D eigenvalue weighted by Gasteiger charge is 2.21. The predicted molar refractivity (Wildman–Crippen MR) is 81.1 cm³/mol. The molecule has 0 atom stereocenters. The van der Waals surface area contributed by atoms with Crippen molar-refractivity contribution >= 4 is 16.7 Å². The Morgan fingerprint density at radius 1 is 1.33 bits per heavy atom. The molecule has 0 saturated heterocycles. The molecule has 3 aromatic rings. The summed E-state index contributed by atoms with van der Waals surface area (Å²) < 4.78 is 1.78. The third-order valence-electron chi connectivity index (χ3n) is 3.33. The van der Waals surface area contributed by atoms with E-state index in [1.165, 1.54) is 6.33 Å². The number of aromatic nitrogens is 3. The summed E-state index contributed by atoms with van der Waals surface area (Å²) >= 11 is 0. The molecule has 6 heteroatoms. The van der Waals surface area contributed by atoms with Crippen LogP contribution in [0.5, 0.6) is 0 Å². The Balaban J connectivity index is 2.48. The highest BCUT2D eigenvalue weighted by Crippen LogP contribution is 2.37. The molecule has 21 heavy (non-hydrogen) atoms. The third-order valence-corrected chi connectivity index (χ3v) is 3.33. The lowest BCUT2D eigenvalue weighted by molar-refractivity contribution is 0.738. The van der Waals surface area contributed by atoms with Gasteiger partial charge in [0.25, 0.3) is 5.56 Å². The Hall–Kier alpha value is -2.91. The Morgan fingerprint density at radius 3 is 2.76 bits per heavy atom. The molecule has 0 aliphatic rings. The largest absolute Gasteiger partial charge is 0.344 e. The number of H-pyrrole nitrogens is 1. The normalized spacial score (nSPS) is 10.7. The van der Waals surface area contributed by atoms with Crippen molar-refractivity contribution in [3.8, 4) is 11.3 Å². The Bertz CT molecular complexity index is 886. The number of fused-ring (bicyclic) bond motifs is 1. The zero-order valence-corrected chi connectivity index (χ0v) is 11.2. The van der Waals surface area contributed by atoms with Crippen LogP contribution in [0.1, 0.15) is 0 Å². The van der Waals surface area contributed by atoms with E-state index >= 15 is 0 Å². The highest BCUT2D eigenvalue weighted by atomic mass is 16.1. The maximum Gasteiger partial charge on any atom is 0.273 e. The summed E-state index contributed by atoms with van der Waals surface area (Å²) in [6.07, 6.45) is 1.32. The van der Waals surface area contributed by atoms with Gasteiger partial charge in [-0.05, 0) is 5.56 Å². The van der Waals surface area contributed by atoms with Gasteiger partial charge in [-0.1, -0.05) is 30.3 Å². The second kappa shape index (κ2) is 5.23. The molecule has 3 rings (SSSR count). The van der Waals surface area contributed by atoms with Crippen LogP contribution in [0, 0.1) is 6.57 Å². The zero-order chi connectivity index (χ0) is 14.8. The summed E-state index contributed by atoms with van der Waals surface area (Å²) in [5.41, 5.74) is 8.16. The summed E-state index contributed by atoms with van der Waals surface area (Å²) in [6, 6.07) is 9.51. The summed E-state index contributed by atoms with van der Waals surface area (Å²) in [5.74, 6) is 0. The average Bonchev–Trinajstić information content (AvgIpc) is 2.83. The fraction of sp³-hybridized carbons (Fsp3) is 0.133. The van der Waals surface area contributed by atoms with Gasteiger partial charge in [-0.2, -0.15) is 0 Å². The Morgan fingerprint density at radius 2 is 2.10 bits per heavy atom. The van der Waals surface area contributed by atoms with Crippen molar-refractivity contribution < 1.29 is 0 Å². The first-order chi connectivity index (χ1) is 10.3. The number of rotatable bonds is 3. The lowest BCUT2D eigenvalue weighted by atomic mass is 10.1. The van der Waals surface area contributed by atoms with Crippen LogP contribution in [0.4, 0.5) is 5.69 Å². The van der Waals surface area contributed by atoms with Crippen molar-refractivity contribution in [3.63, 3.8) is 0 Å². The van der Waals surface area contributed by atoms with Gasteiger partial charge < -0.3 is 15.3 Å². The summed E-state index contributed by atoms with van der Waals surface area (Å²) in [4.78, 5) is 22.4. The molecule has 2 aromatic heterocycles. The van der Waals surface area contributed by atoms with E-state index in [0.717, 1.165) is 5.56 Å². The van der Waals surface area contributed by atoms with Gasteiger partial charge in [-0.25, -0.2) is 9.83 Å². The molecular formula is C15H13N5O. The van der Waals surface area contributed by atoms with Crippen molar-refractivity contribution in [2.45, 2.75) is 6.54 Å². The molecule has 1 aromatic carbocycles. The Kier molecular flexibility index (Phi) is 3.26. The van der Waals surface area contributed by atoms with Crippen molar-refractivity contribution in [1.29, 1.82) is 0 Å². The van der Waals surface area contributed by atoms with E-state index in [0.29, 0.717) is 35.5 Å². The lowest BCUT2D eigenvalue weighted by Gasteiger charge is -2.09. The van der Waals surface area contributed by atoms with E-state index in [-0.39, 0.29) is 5.56 Å². The molecule has 0 spiro atoms. The Labute approximate surface area is 120 Å². The van der Waals surface area contributed by atoms with Crippen LogP contribution in [-0.2, 0) is 6.54 Å². The number of hydrogen-bond acceptors (Lipinski definition) is 3. The van der Waals surface area contributed by atoms with E-state index in [1.807, 2.05) is 30.3 Å². The predicted octanol–water partition coefficient (Wildman–Crippen LogP) is 1.90. The highest BCUT2D eigenvalue weighted by molar-refractivity contribution is 5.99. The van der Waals surface area contributed by atoms with E-state index in [1.54, 1.807) is 4.57 Å². The quantitative estimate of drug-likeness (QED) is 0.718. The second-order valence-corrected chi connectivity index (χ2v) is 4.54. The first-order valence-electron chi connectivity index (χ1n) is 6.50. The van der Waals surface area contributed by atoms with Crippen LogP contribution >= 0.6 is 0 Å². The summed E-state index contributed by atoms with van der Waals surface area (Å²) in [7, 11) is 0. The topological polar surface area (TPSA) is 81.1 Å². The first kappa shape index (κ1) is 13.1. The van der Waals surface area contributed by atoms with Gasteiger partial charge in [0.1, 0.15) is 11.0 Å². The molecule has 0 amide bonds. The number of nitrogens with one attached hydrogen (secondary N) is 1. The van der Waals surface area contributed by atoms with Gasteiger partial charge in [0.2, 0.25) is 5.69 Å². The van der Waals surface area contributed by atoms with E-state index in [4.69, 9.17) is 12.3 Å². The van der Waals surface area contributed by atoms with Crippen molar-refractivity contribution in [2.75, 3.05) is 6.54 Å². The molecule has 2 heterocycles. The van der Waals surface area contributed by atoms with Gasteiger partial charge in [0.15, 0.2) is 0 Å². The van der Waals surface area contributed by atoms with Crippen molar-refractivity contribution in [1.82, 2.24) is 14.5 Å². The van der Waals surface area contributed by atoms with E-state index < -0.39 is 0 Å². The van der Waals surface area contributed by atoms with Crippen LogP contribution < -0.4 is 11.3 Å². The minimum Gasteiger partial charge on any atom is -0.344 e. The second-order valence-electron chi connectivity index (χ2n) is 4.54. The van der Waals surface area contributed by atoms with Gasteiger partial charge in [-0.3, -0.25) is 4.79 Å². The van der Waals surface area contributed by atoms with Crippen molar-refractivity contribution in [3.05, 3.63) is 58.4 Å². The zero-order valence-electron chi connectivity index (χ0n) is 11.2. The fourth-order valence-corrected chi connectivity index (χ4v) is 2.52. The van der Waals surface area contributed by atoms with Gasteiger partial charge in [-0.15, -0.1) is 0 Å². The maximum atomic E-state index is 12.1. The van der Waals surface area contributed by atoms with Crippen LogP contribution in [-0.4, -0.2) is 21.1 Å². The molecule has 0 aliphatic heterocycles. The molecular weight excluding hydrogens is 266 g/mol. The number of benzene rings is 1. The van der Waals surface area contributed by atoms with Crippen LogP contribution in [0.3, 0.4) is 0 Å². The molecule has 104 valence electrons.